The third-order valence-corrected chi connectivity index (χ3v) is 7.84. The molecule has 0 aromatic heterocycles. The smallest absolute Gasteiger partial charge is 0.0417 e. The monoisotopic (exact) mass is 506 g/mol. The molecule has 0 saturated heterocycles. The summed E-state index contributed by atoms with van der Waals surface area (Å²) in [5.74, 6) is 0. The third kappa shape index (κ3) is 5.31. The Hall–Kier alpha value is -1.26. The highest BCUT2D eigenvalue weighted by Crippen LogP contribution is 2.46. The molecular weight excluding hydrogens is 494 g/mol. The van der Waals surface area contributed by atoms with E-state index in [1.807, 2.05) is 84.9 Å². The number of halogens is 4. The minimum Gasteiger partial charge on any atom is -0.0843 e. The molecule has 0 nitrogen and oxygen atoms in total. The minimum absolute atomic E-state index is 0.694. The van der Waals surface area contributed by atoms with Gasteiger partial charge in [-0.2, -0.15) is 0 Å². The molecule has 4 aromatic rings. The summed E-state index contributed by atoms with van der Waals surface area (Å²) in [6.07, 6.45) is 0. The average Bonchev–Trinajstić information content (AvgIpc) is 2.74. The number of benzene rings is 4. The molecule has 0 fully saturated rings. The summed E-state index contributed by atoms with van der Waals surface area (Å²) in [4.78, 5) is 2.13. The summed E-state index contributed by atoms with van der Waals surface area (Å²) < 4.78 is 0. The van der Waals surface area contributed by atoms with Crippen LogP contribution in [0.25, 0.3) is 22.3 Å². The van der Waals surface area contributed by atoms with Crippen molar-refractivity contribution in [2.24, 2.45) is 0 Å². The van der Waals surface area contributed by atoms with Gasteiger partial charge in [0.2, 0.25) is 0 Å². The maximum atomic E-state index is 6.30. The lowest BCUT2D eigenvalue weighted by molar-refractivity contribution is 1.44. The predicted octanol–water partition coefficient (Wildman–Crippen LogP) is 10.4. The van der Waals surface area contributed by atoms with Crippen molar-refractivity contribution in [3.8, 4) is 22.3 Å². The van der Waals surface area contributed by atoms with Gasteiger partial charge in [-0.15, -0.1) is 0 Å². The number of hydrogen-bond donors (Lipinski definition) is 0. The van der Waals surface area contributed by atoms with E-state index in [4.69, 9.17) is 46.4 Å². The van der Waals surface area contributed by atoms with Crippen molar-refractivity contribution in [3.05, 3.63) is 105 Å². The molecule has 4 aromatic carbocycles. The Kier molecular flexibility index (Phi) is 7.25. The second-order valence-corrected chi connectivity index (χ2v) is 10.4. The van der Waals surface area contributed by atoms with Crippen LogP contribution in [0, 0.1) is 0 Å². The number of rotatable bonds is 5. The van der Waals surface area contributed by atoms with E-state index in [1.54, 1.807) is 21.6 Å². The average molecular weight is 508 g/mol. The van der Waals surface area contributed by atoms with Crippen LogP contribution in [0.4, 0.5) is 0 Å². The van der Waals surface area contributed by atoms with Gasteiger partial charge in [0, 0.05) is 29.9 Å². The Morgan fingerprint density at radius 1 is 0.400 bits per heavy atom. The van der Waals surface area contributed by atoms with Gasteiger partial charge in [0.1, 0.15) is 0 Å². The van der Waals surface area contributed by atoms with Crippen molar-refractivity contribution in [3.63, 3.8) is 0 Å². The van der Waals surface area contributed by atoms with Crippen molar-refractivity contribution in [1.29, 1.82) is 0 Å². The summed E-state index contributed by atoms with van der Waals surface area (Å²) >= 11 is 24.7. The predicted molar refractivity (Wildman–Crippen MR) is 136 cm³/mol. The zero-order chi connectivity index (χ0) is 21.1. The fourth-order valence-electron chi connectivity index (χ4n) is 2.96. The van der Waals surface area contributed by atoms with Gasteiger partial charge in [0.25, 0.3) is 0 Å². The second kappa shape index (κ2) is 9.91. The Morgan fingerprint density at radius 2 is 0.733 bits per heavy atom. The first-order valence-corrected chi connectivity index (χ1v) is 12.6. The lowest BCUT2D eigenvalue weighted by atomic mass is 10.1. The quantitative estimate of drug-likeness (QED) is 0.246. The van der Waals surface area contributed by atoms with Crippen LogP contribution in [0.5, 0.6) is 0 Å². The zero-order valence-corrected chi connectivity index (χ0v) is 20.1. The van der Waals surface area contributed by atoms with Gasteiger partial charge in [-0.3, -0.25) is 0 Å². The summed E-state index contributed by atoms with van der Waals surface area (Å²) in [7, 11) is 3.30. The Bertz CT molecular complexity index is 1080. The van der Waals surface area contributed by atoms with E-state index >= 15 is 0 Å². The lowest BCUT2D eigenvalue weighted by Crippen LogP contribution is -1.84. The highest BCUT2D eigenvalue weighted by molar-refractivity contribution is 8.76. The topological polar surface area (TPSA) is 0 Å². The molecule has 6 heteroatoms. The van der Waals surface area contributed by atoms with Gasteiger partial charge in [0.05, 0.1) is 0 Å². The Balaban J connectivity index is 1.67. The van der Waals surface area contributed by atoms with E-state index in [9.17, 15) is 0 Å². The Labute approximate surface area is 203 Å². The first kappa shape index (κ1) is 22.0. The maximum Gasteiger partial charge on any atom is 0.0417 e. The third-order valence-electron chi connectivity index (χ3n) is 4.42. The molecular formula is C24H14Cl4S2. The summed E-state index contributed by atoms with van der Waals surface area (Å²) in [6, 6.07) is 27.5. The van der Waals surface area contributed by atoms with Crippen LogP contribution in [0.2, 0.25) is 20.1 Å². The van der Waals surface area contributed by atoms with Crippen molar-refractivity contribution < 1.29 is 0 Å². The molecule has 0 aliphatic rings. The van der Waals surface area contributed by atoms with Gasteiger partial charge in [0.15, 0.2) is 0 Å². The van der Waals surface area contributed by atoms with Crippen LogP contribution >= 0.6 is 68.0 Å². The molecule has 30 heavy (non-hydrogen) atoms. The van der Waals surface area contributed by atoms with Crippen LogP contribution in [0.1, 0.15) is 0 Å². The molecule has 4 rings (SSSR count). The summed E-state index contributed by atoms with van der Waals surface area (Å²) in [5, 5.41) is 2.81. The van der Waals surface area contributed by atoms with Gasteiger partial charge in [-0.05, 0) is 70.8 Å². The molecule has 0 unspecified atom stereocenters. The van der Waals surface area contributed by atoms with E-state index in [0.717, 1.165) is 32.0 Å². The molecule has 0 radical (unpaired) electrons. The molecule has 0 spiro atoms. The molecule has 0 N–H and O–H groups in total. The van der Waals surface area contributed by atoms with Crippen molar-refractivity contribution in [2.75, 3.05) is 0 Å². The standard InChI is InChI=1S/C24H14Cl4S2/c25-17-5-1-15(2-6-17)21-11-9-19(27)13-23(21)29-30-24-14-20(28)10-12-22(24)16-3-7-18(26)8-4-16/h1-14H. The van der Waals surface area contributed by atoms with E-state index < -0.39 is 0 Å². The molecule has 0 aliphatic heterocycles. The minimum atomic E-state index is 0.694. The van der Waals surface area contributed by atoms with Crippen LogP contribution in [0.15, 0.2) is 94.7 Å². The van der Waals surface area contributed by atoms with Crippen molar-refractivity contribution in [2.45, 2.75) is 9.79 Å². The van der Waals surface area contributed by atoms with Gasteiger partial charge >= 0.3 is 0 Å². The fourth-order valence-corrected chi connectivity index (χ4v) is 6.13. The second-order valence-electron chi connectivity index (χ2n) is 6.46. The molecule has 0 amide bonds. The maximum absolute atomic E-state index is 6.30. The fraction of sp³-hybridized carbons (Fsp3) is 0. The van der Waals surface area contributed by atoms with Crippen LogP contribution < -0.4 is 0 Å². The van der Waals surface area contributed by atoms with E-state index in [1.165, 1.54) is 0 Å². The highest BCUT2D eigenvalue weighted by Gasteiger charge is 2.12. The van der Waals surface area contributed by atoms with E-state index in [-0.39, 0.29) is 0 Å². The lowest BCUT2D eigenvalue weighted by Gasteiger charge is -2.13. The van der Waals surface area contributed by atoms with E-state index in [0.29, 0.717) is 20.1 Å². The first-order chi connectivity index (χ1) is 14.5. The zero-order valence-electron chi connectivity index (χ0n) is 15.4. The normalized spacial score (nSPS) is 10.9. The molecule has 0 heterocycles. The highest BCUT2D eigenvalue weighted by atomic mass is 35.5. The van der Waals surface area contributed by atoms with Crippen molar-refractivity contribution in [1.82, 2.24) is 0 Å². The SMILES string of the molecule is Clc1ccc(-c2ccc(Cl)cc2SSc2cc(Cl)ccc2-c2ccc(Cl)cc2)cc1. The molecule has 150 valence electrons. The Morgan fingerprint density at radius 3 is 1.10 bits per heavy atom. The van der Waals surface area contributed by atoms with Crippen LogP contribution in [0.3, 0.4) is 0 Å². The molecule has 0 atom stereocenters. The summed E-state index contributed by atoms with van der Waals surface area (Å²) in [6.45, 7) is 0. The molecule has 0 bridgehead atoms. The molecule has 0 saturated carbocycles. The van der Waals surface area contributed by atoms with Crippen molar-refractivity contribution >= 4 is 68.0 Å². The van der Waals surface area contributed by atoms with Crippen LogP contribution in [-0.4, -0.2) is 0 Å². The van der Waals surface area contributed by atoms with E-state index in [2.05, 4.69) is 0 Å². The van der Waals surface area contributed by atoms with Gasteiger partial charge in [-0.1, -0.05) is 104 Å². The van der Waals surface area contributed by atoms with Gasteiger partial charge < -0.3 is 0 Å². The number of hydrogen-bond acceptors (Lipinski definition) is 2. The summed E-state index contributed by atoms with van der Waals surface area (Å²) in [5.41, 5.74) is 4.37. The van der Waals surface area contributed by atoms with Crippen LogP contribution in [-0.2, 0) is 0 Å². The molecule has 0 aliphatic carbocycles. The van der Waals surface area contributed by atoms with Gasteiger partial charge in [-0.25, -0.2) is 0 Å². The first-order valence-electron chi connectivity index (χ1n) is 8.95. The largest absolute Gasteiger partial charge is 0.0843 e.